The zero-order valence-corrected chi connectivity index (χ0v) is 7.71. The number of hydrogen-bond acceptors (Lipinski definition) is 1. The molecule has 62 valence electrons. The van der Waals surface area contributed by atoms with Crippen LogP contribution in [0.3, 0.4) is 0 Å². The highest BCUT2D eigenvalue weighted by atomic mass is 79.9. The third-order valence-corrected chi connectivity index (χ3v) is 1.71. The number of carbonyl (C=O) groups is 1. The van der Waals surface area contributed by atoms with Gasteiger partial charge in [0, 0.05) is 4.47 Å². The number of rotatable bonds is 2. The Kier molecular flexibility index (Phi) is 3.17. The predicted molar refractivity (Wildman–Crippen MR) is 49.2 cm³/mol. The van der Waals surface area contributed by atoms with Crippen LogP contribution in [0.5, 0.6) is 0 Å². The average molecular weight is 229 g/mol. The van der Waals surface area contributed by atoms with E-state index in [1.165, 1.54) is 18.2 Å². The van der Waals surface area contributed by atoms with Crippen molar-refractivity contribution in [2.75, 3.05) is 0 Å². The van der Waals surface area contributed by atoms with Crippen molar-refractivity contribution in [2.45, 2.75) is 0 Å². The molecule has 0 saturated carbocycles. The first-order valence-corrected chi connectivity index (χ1v) is 4.09. The SMILES string of the molecule is O=CC=Cc1cc(F)cc(Br)c1. The summed E-state index contributed by atoms with van der Waals surface area (Å²) in [5, 5.41) is 0. The lowest BCUT2D eigenvalue weighted by atomic mass is 10.2. The first-order chi connectivity index (χ1) is 5.72. The summed E-state index contributed by atoms with van der Waals surface area (Å²) in [7, 11) is 0. The van der Waals surface area contributed by atoms with Gasteiger partial charge in [0.25, 0.3) is 0 Å². The second kappa shape index (κ2) is 4.16. The molecule has 0 heterocycles. The third kappa shape index (κ3) is 2.58. The molecule has 1 aromatic rings. The topological polar surface area (TPSA) is 17.1 Å². The molecule has 0 bridgehead atoms. The van der Waals surface area contributed by atoms with E-state index in [-0.39, 0.29) is 5.82 Å². The van der Waals surface area contributed by atoms with Gasteiger partial charge in [-0.25, -0.2) is 4.39 Å². The van der Waals surface area contributed by atoms with Gasteiger partial charge in [-0.05, 0) is 29.8 Å². The maximum Gasteiger partial charge on any atom is 0.142 e. The van der Waals surface area contributed by atoms with Gasteiger partial charge in [-0.3, -0.25) is 4.79 Å². The summed E-state index contributed by atoms with van der Waals surface area (Å²) in [6, 6.07) is 4.44. The van der Waals surface area contributed by atoms with E-state index >= 15 is 0 Å². The molecule has 1 rings (SSSR count). The van der Waals surface area contributed by atoms with E-state index in [9.17, 15) is 9.18 Å². The lowest BCUT2D eigenvalue weighted by Gasteiger charge is -1.94. The van der Waals surface area contributed by atoms with E-state index in [2.05, 4.69) is 15.9 Å². The minimum Gasteiger partial charge on any atom is -0.299 e. The van der Waals surface area contributed by atoms with Crippen LogP contribution in [0.25, 0.3) is 6.08 Å². The van der Waals surface area contributed by atoms with E-state index in [1.807, 2.05) is 0 Å². The number of aldehydes is 1. The fraction of sp³-hybridized carbons (Fsp3) is 0. The van der Waals surface area contributed by atoms with E-state index in [0.717, 1.165) is 0 Å². The quantitative estimate of drug-likeness (QED) is 0.562. The Balaban J connectivity index is 3.00. The maximum atomic E-state index is 12.7. The van der Waals surface area contributed by atoms with Crippen molar-refractivity contribution in [3.8, 4) is 0 Å². The number of carbonyl (C=O) groups excluding carboxylic acids is 1. The van der Waals surface area contributed by atoms with Crippen LogP contribution < -0.4 is 0 Å². The molecule has 0 N–H and O–H groups in total. The monoisotopic (exact) mass is 228 g/mol. The summed E-state index contributed by atoms with van der Waals surface area (Å²) in [6.45, 7) is 0. The number of benzene rings is 1. The Morgan fingerprint density at radius 1 is 1.33 bits per heavy atom. The molecule has 0 aliphatic carbocycles. The molecule has 12 heavy (non-hydrogen) atoms. The molecule has 0 aromatic heterocycles. The van der Waals surface area contributed by atoms with Gasteiger partial charge in [0.1, 0.15) is 12.1 Å². The normalized spacial score (nSPS) is 10.5. The zero-order chi connectivity index (χ0) is 8.97. The van der Waals surface area contributed by atoms with Crippen LogP contribution in [0.2, 0.25) is 0 Å². The van der Waals surface area contributed by atoms with Crippen LogP contribution in [0.4, 0.5) is 4.39 Å². The third-order valence-electron chi connectivity index (χ3n) is 1.25. The van der Waals surface area contributed by atoms with Gasteiger partial charge < -0.3 is 0 Å². The first-order valence-electron chi connectivity index (χ1n) is 3.30. The van der Waals surface area contributed by atoms with Crippen LogP contribution in [0.1, 0.15) is 5.56 Å². The molecule has 0 fully saturated rings. The smallest absolute Gasteiger partial charge is 0.142 e. The van der Waals surface area contributed by atoms with E-state index in [1.54, 1.807) is 12.1 Å². The molecule has 1 aromatic carbocycles. The Hall–Kier alpha value is -0.960. The molecule has 1 nitrogen and oxygen atoms in total. The van der Waals surface area contributed by atoms with Gasteiger partial charge in [0.05, 0.1) is 0 Å². The van der Waals surface area contributed by atoms with Gasteiger partial charge in [0.2, 0.25) is 0 Å². The molecule has 0 saturated heterocycles. The molecule has 0 aliphatic heterocycles. The van der Waals surface area contributed by atoms with Crippen LogP contribution in [-0.4, -0.2) is 6.29 Å². The molecule has 0 unspecified atom stereocenters. The van der Waals surface area contributed by atoms with Crippen LogP contribution in [-0.2, 0) is 4.79 Å². The summed E-state index contributed by atoms with van der Waals surface area (Å²) >= 11 is 3.14. The van der Waals surface area contributed by atoms with Gasteiger partial charge in [-0.15, -0.1) is 0 Å². The highest BCUT2D eigenvalue weighted by Gasteiger charge is 1.94. The Labute approximate surface area is 78.0 Å². The largest absolute Gasteiger partial charge is 0.299 e. The minimum absolute atomic E-state index is 0.324. The molecular weight excluding hydrogens is 223 g/mol. The van der Waals surface area contributed by atoms with E-state index in [4.69, 9.17) is 0 Å². The highest BCUT2D eigenvalue weighted by Crippen LogP contribution is 2.15. The summed E-state index contributed by atoms with van der Waals surface area (Å²) in [6.07, 6.45) is 3.51. The summed E-state index contributed by atoms with van der Waals surface area (Å²) in [5.74, 6) is -0.324. The number of hydrogen-bond donors (Lipinski definition) is 0. The molecule has 0 amide bonds. The van der Waals surface area contributed by atoms with Crippen LogP contribution in [0, 0.1) is 5.82 Å². The fourth-order valence-corrected chi connectivity index (χ4v) is 1.30. The number of halogens is 2. The average Bonchev–Trinajstić information content (AvgIpc) is 1.99. The predicted octanol–water partition coefficient (Wildman–Crippen LogP) is 2.80. The Bertz CT molecular complexity index is 300. The Morgan fingerprint density at radius 2 is 2.08 bits per heavy atom. The second-order valence-electron chi connectivity index (χ2n) is 2.20. The lowest BCUT2D eigenvalue weighted by Crippen LogP contribution is -1.77. The standard InChI is InChI=1S/C9H6BrFO/c10-8-4-7(2-1-3-12)5-9(11)6-8/h1-6H. The molecule has 0 spiro atoms. The molecule has 0 radical (unpaired) electrons. The van der Waals surface area contributed by atoms with Crippen molar-refractivity contribution >= 4 is 28.3 Å². The summed E-state index contributed by atoms with van der Waals surface area (Å²) in [5.41, 5.74) is 0.661. The van der Waals surface area contributed by atoms with Crippen LogP contribution in [0.15, 0.2) is 28.7 Å². The van der Waals surface area contributed by atoms with Gasteiger partial charge in [0.15, 0.2) is 0 Å². The van der Waals surface area contributed by atoms with E-state index < -0.39 is 0 Å². The molecule has 0 atom stereocenters. The molecular formula is C9H6BrFO. The maximum absolute atomic E-state index is 12.7. The lowest BCUT2D eigenvalue weighted by molar-refractivity contribution is -0.104. The van der Waals surface area contributed by atoms with Crippen molar-refractivity contribution < 1.29 is 9.18 Å². The minimum atomic E-state index is -0.324. The van der Waals surface area contributed by atoms with Crippen molar-refractivity contribution in [3.05, 3.63) is 40.1 Å². The zero-order valence-electron chi connectivity index (χ0n) is 6.13. The Morgan fingerprint density at radius 3 is 2.67 bits per heavy atom. The highest BCUT2D eigenvalue weighted by molar-refractivity contribution is 9.10. The van der Waals surface area contributed by atoms with Crippen molar-refractivity contribution in [2.24, 2.45) is 0 Å². The summed E-state index contributed by atoms with van der Waals surface area (Å²) < 4.78 is 13.4. The van der Waals surface area contributed by atoms with Crippen molar-refractivity contribution in [1.29, 1.82) is 0 Å². The second-order valence-corrected chi connectivity index (χ2v) is 3.11. The van der Waals surface area contributed by atoms with Crippen LogP contribution >= 0.6 is 15.9 Å². The number of allylic oxidation sites excluding steroid dienone is 1. The van der Waals surface area contributed by atoms with Gasteiger partial charge >= 0.3 is 0 Å². The first kappa shape index (κ1) is 9.13. The summed E-state index contributed by atoms with van der Waals surface area (Å²) in [4.78, 5) is 9.96. The fourth-order valence-electron chi connectivity index (χ4n) is 0.822. The van der Waals surface area contributed by atoms with Crippen molar-refractivity contribution in [3.63, 3.8) is 0 Å². The van der Waals surface area contributed by atoms with Gasteiger partial charge in [-0.1, -0.05) is 22.0 Å². The molecule has 3 heteroatoms. The van der Waals surface area contributed by atoms with Crippen molar-refractivity contribution in [1.82, 2.24) is 0 Å². The van der Waals surface area contributed by atoms with E-state index in [0.29, 0.717) is 16.3 Å². The van der Waals surface area contributed by atoms with Gasteiger partial charge in [-0.2, -0.15) is 0 Å². The molecule has 0 aliphatic rings.